The molecule has 1 aliphatic carbocycles. The highest BCUT2D eigenvalue weighted by atomic mass is 32.1. The van der Waals surface area contributed by atoms with Gasteiger partial charge < -0.3 is 5.73 Å². The van der Waals surface area contributed by atoms with Crippen LogP contribution in [0.1, 0.15) is 40.1 Å². The average molecular weight is 210 g/mol. The summed E-state index contributed by atoms with van der Waals surface area (Å²) in [6.07, 6.45) is 4.43. The number of nitrogens with zero attached hydrogens (tertiary/aromatic N) is 1. The number of fused-ring (bicyclic) bond motifs is 1. The van der Waals surface area contributed by atoms with Gasteiger partial charge in [-0.3, -0.25) is 4.79 Å². The number of amides is 1. The Labute approximate surface area is 87.3 Å². The van der Waals surface area contributed by atoms with Crippen molar-refractivity contribution in [2.75, 3.05) is 0 Å². The quantitative estimate of drug-likeness (QED) is 0.718. The van der Waals surface area contributed by atoms with Crippen LogP contribution >= 0.6 is 11.3 Å². The molecule has 76 valence electrons. The van der Waals surface area contributed by atoms with Gasteiger partial charge in [0.2, 0.25) is 0 Å². The molecule has 0 fully saturated rings. The molecule has 1 aliphatic rings. The summed E-state index contributed by atoms with van der Waals surface area (Å²) in [6, 6.07) is 0. The summed E-state index contributed by atoms with van der Waals surface area (Å²) >= 11 is 1.47. The smallest absolute Gasteiger partial charge is 0.277 e. The average Bonchev–Trinajstić information content (AvgIpc) is 2.48. The minimum Gasteiger partial charge on any atom is -0.364 e. The first-order chi connectivity index (χ1) is 6.66. The molecule has 0 saturated heterocycles. The van der Waals surface area contributed by atoms with Crippen LogP contribution in [0.25, 0.3) is 0 Å². The molecule has 2 N–H and O–H groups in total. The maximum absolute atomic E-state index is 10.9. The van der Waals surface area contributed by atoms with Crippen molar-refractivity contribution in [1.29, 1.82) is 0 Å². The fraction of sp³-hybridized carbons (Fsp3) is 0.600. The second kappa shape index (κ2) is 3.69. The molecule has 3 nitrogen and oxygen atoms in total. The van der Waals surface area contributed by atoms with E-state index in [1.165, 1.54) is 29.1 Å². The van der Waals surface area contributed by atoms with E-state index in [4.69, 9.17) is 5.73 Å². The van der Waals surface area contributed by atoms with Crippen molar-refractivity contribution in [1.82, 2.24) is 4.98 Å². The molecule has 1 amide bonds. The van der Waals surface area contributed by atoms with E-state index < -0.39 is 5.91 Å². The SMILES string of the molecule is CC1CCc2nc(C(N)=O)sc2CC1. The number of nitrogens with two attached hydrogens (primary N) is 1. The van der Waals surface area contributed by atoms with Gasteiger partial charge >= 0.3 is 0 Å². The summed E-state index contributed by atoms with van der Waals surface area (Å²) < 4.78 is 0. The van der Waals surface area contributed by atoms with Gasteiger partial charge in [0.1, 0.15) is 0 Å². The molecule has 1 unspecified atom stereocenters. The first kappa shape index (κ1) is 9.65. The molecule has 14 heavy (non-hydrogen) atoms. The molecule has 1 aromatic rings. The molecule has 1 heterocycles. The first-order valence-electron chi connectivity index (χ1n) is 4.95. The standard InChI is InChI=1S/C10H14N2OS/c1-6-2-4-7-8(5-3-6)14-10(12-7)9(11)13/h6H,2-5H2,1H3,(H2,11,13). The van der Waals surface area contributed by atoms with E-state index in [-0.39, 0.29) is 0 Å². The summed E-state index contributed by atoms with van der Waals surface area (Å²) in [6.45, 7) is 2.27. The van der Waals surface area contributed by atoms with E-state index in [0.29, 0.717) is 5.01 Å². The summed E-state index contributed by atoms with van der Waals surface area (Å²) in [4.78, 5) is 16.5. The number of hydrogen-bond acceptors (Lipinski definition) is 3. The van der Waals surface area contributed by atoms with Gasteiger partial charge in [-0.2, -0.15) is 0 Å². The normalized spacial score (nSPS) is 21.4. The molecular formula is C10H14N2OS. The highest BCUT2D eigenvalue weighted by molar-refractivity contribution is 7.13. The summed E-state index contributed by atoms with van der Waals surface area (Å²) in [5.74, 6) is 0.379. The van der Waals surface area contributed by atoms with Crippen molar-refractivity contribution >= 4 is 17.2 Å². The van der Waals surface area contributed by atoms with Crippen molar-refractivity contribution in [3.8, 4) is 0 Å². The lowest BCUT2D eigenvalue weighted by Crippen LogP contribution is -2.10. The number of rotatable bonds is 1. The van der Waals surface area contributed by atoms with Gasteiger partial charge in [-0.25, -0.2) is 4.98 Å². The molecule has 2 rings (SSSR count). The lowest BCUT2D eigenvalue weighted by atomic mass is 10.0. The topological polar surface area (TPSA) is 56.0 Å². The zero-order chi connectivity index (χ0) is 10.1. The van der Waals surface area contributed by atoms with Crippen molar-refractivity contribution < 1.29 is 4.79 Å². The summed E-state index contributed by atoms with van der Waals surface area (Å²) in [7, 11) is 0. The minimum atomic E-state index is -0.392. The Bertz CT molecular complexity index is 334. The van der Waals surface area contributed by atoms with Crippen LogP contribution in [-0.2, 0) is 12.8 Å². The Kier molecular flexibility index (Phi) is 2.54. The largest absolute Gasteiger partial charge is 0.364 e. The van der Waals surface area contributed by atoms with Crippen LogP contribution in [0.5, 0.6) is 0 Å². The highest BCUT2D eigenvalue weighted by Gasteiger charge is 2.18. The zero-order valence-electron chi connectivity index (χ0n) is 8.25. The van der Waals surface area contributed by atoms with Gasteiger partial charge in [0, 0.05) is 4.88 Å². The minimum absolute atomic E-state index is 0.392. The lowest BCUT2D eigenvalue weighted by Gasteiger charge is -2.03. The van der Waals surface area contributed by atoms with Crippen molar-refractivity contribution in [2.45, 2.75) is 32.6 Å². The molecule has 0 bridgehead atoms. The molecule has 4 heteroatoms. The number of aromatic nitrogens is 1. The van der Waals surface area contributed by atoms with Crippen LogP contribution in [0.4, 0.5) is 0 Å². The van der Waals surface area contributed by atoms with E-state index in [1.54, 1.807) is 0 Å². The molecule has 0 aromatic carbocycles. The molecule has 0 radical (unpaired) electrons. The zero-order valence-corrected chi connectivity index (χ0v) is 9.06. The van der Waals surface area contributed by atoms with Crippen molar-refractivity contribution in [3.63, 3.8) is 0 Å². The van der Waals surface area contributed by atoms with Crippen molar-refractivity contribution in [2.24, 2.45) is 11.7 Å². The van der Waals surface area contributed by atoms with Gasteiger partial charge in [0.25, 0.3) is 5.91 Å². The lowest BCUT2D eigenvalue weighted by molar-refractivity contribution is 0.1000. The Morgan fingerprint density at radius 1 is 1.50 bits per heavy atom. The molecule has 0 spiro atoms. The van der Waals surface area contributed by atoms with Crippen LogP contribution in [0.3, 0.4) is 0 Å². The predicted molar refractivity (Wildman–Crippen MR) is 56.4 cm³/mol. The maximum Gasteiger partial charge on any atom is 0.277 e. The van der Waals surface area contributed by atoms with Crippen LogP contribution < -0.4 is 5.73 Å². The number of hydrogen-bond donors (Lipinski definition) is 1. The number of carbonyl (C=O) groups excluding carboxylic acids is 1. The third-order valence-electron chi connectivity index (χ3n) is 2.73. The van der Waals surface area contributed by atoms with Crippen LogP contribution in [0.15, 0.2) is 0 Å². The summed E-state index contributed by atoms with van der Waals surface area (Å²) in [5.41, 5.74) is 6.31. The Balaban J connectivity index is 2.26. The van der Waals surface area contributed by atoms with Crippen LogP contribution in [0.2, 0.25) is 0 Å². The third-order valence-corrected chi connectivity index (χ3v) is 3.90. The fourth-order valence-corrected chi connectivity index (χ4v) is 2.76. The number of thiazole rings is 1. The molecule has 1 aromatic heterocycles. The van der Waals surface area contributed by atoms with Crippen molar-refractivity contribution in [3.05, 3.63) is 15.6 Å². The Hall–Kier alpha value is -0.900. The molecule has 1 atom stereocenters. The predicted octanol–water partition coefficient (Wildman–Crippen LogP) is 1.76. The van der Waals surface area contributed by atoms with Gasteiger partial charge in [-0.1, -0.05) is 6.92 Å². The third kappa shape index (κ3) is 1.80. The van der Waals surface area contributed by atoms with Crippen LogP contribution in [0, 0.1) is 5.92 Å². The number of carbonyl (C=O) groups is 1. The Morgan fingerprint density at radius 3 is 2.93 bits per heavy atom. The molecule has 0 saturated carbocycles. The fourth-order valence-electron chi connectivity index (χ4n) is 1.78. The second-order valence-corrected chi connectivity index (χ2v) is 5.02. The number of primary amides is 1. The monoisotopic (exact) mass is 210 g/mol. The maximum atomic E-state index is 10.9. The van der Waals surface area contributed by atoms with Gasteiger partial charge in [0.15, 0.2) is 5.01 Å². The van der Waals surface area contributed by atoms with Crippen LogP contribution in [-0.4, -0.2) is 10.9 Å². The van der Waals surface area contributed by atoms with Gasteiger partial charge in [-0.05, 0) is 31.6 Å². The summed E-state index contributed by atoms with van der Waals surface area (Å²) in [5, 5.41) is 0.476. The van der Waals surface area contributed by atoms with Gasteiger partial charge in [0.05, 0.1) is 5.69 Å². The molecular weight excluding hydrogens is 196 g/mol. The van der Waals surface area contributed by atoms with E-state index in [0.717, 1.165) is 24.5 Å². The van der Waals surface area contributed by atoms with E-state index in [9.17, 15) is 4.79 Å². The second-order valence-electron chi connectivity index (χ2n) is 3.94. The van der Waals surface area contributed by atoms with E-state index in [2.05, 4.69) is 11.9 Å². The molecule has 0 aliphatic heterocycles. The van der Waals surface area contributed by atoms with E-state index >= 15 is 0 Å². The van der Waals surface area contributed by atoms with E-state index in [1.807, 2.05) is 0 Å². The van der Waals surface area contributed by atoms with Gasteiger partial charge in [-0.15, -0.1) is 11.3 Å². The Morgan fingerprint density at radius 2 is 2.21 bits per heavy atom. The highest BCUT2D eigenvalue weighted by Crippen LogP contribution is 2.28. The number of aryl methyl sites for hydroxylation is 2. The first-order valence-corrected chi connectivity index (χ1v) is 5.77.